The van der Waals surface area contributed by atoms with Crippen LogP contribution in [0.1, 0.15) is 11.1 Å². The number of hydrogen-bond acceptors (Lipinski definition) is 4. The summed E-state index contributed by atoms with van der Waals surface area (Å²) >= 11 is 15.6. The minimum Gasteiger partial charge on any atom is -0.488 e. The van der Waals surface area contributed by atoms with Crippen LogP contribution in [0.4, 0.5) is 0 Å². The second-order valence-electron chi connectivity index (χ2n) is 6.29. The number of carbonyl (C=O) groups is 1. The molecule has 0 bridgehead atoms. The van der Waals surface area contributed by atoms with Crippen molar-refractivity contribution in [1.82, 2.24) is 4.90 Å². The predicted molar refractivity (Wildman–Crippen MR) is 116 cm³/mol. The summed E-state index contributed by atoms with van der Waals surface area (Å²) in [5, 5.41) is 10.5. The van der Waals surface area contributed by atoms with Gasteiger partial charge in [0.15, 0.2) is 0 Å². The average Bonchev–Trinajstić information content (AvgIpc) is 2.72. The maximum absolute atomic E-state index is 12.5. The molecule has 0 radical (unpaired) electrons. The zero-order valence-electron chi connectivity index (χ0n) is 15.3. The second kappa shape index (κ2) is 10.1. The van der Waals surface area contributed by atoms with Gasteiger partial charge in [-0.3, -0.25) is 4.79 Å². The molecule has 0 aromatic heterocycles. The van der Waals surface area contributed by atoms with Gasteiger partial charge in [-0.05, 0) is 51.8 Å². The quantitative estimate of drug-likeness (QED) is 0.427. The highest BCUT2D eigenvalue weighted by Crippen LogP contribution is 2.29. The van der Waals surface area contributed by atoms with Gasteiger partial charge in [-0.15, -0.1) is 0 Å². The third kappa shape index (κ3) is 5.74. The Labute approximate surface area is 187 Å². The van der Waals surface area contributed by atoms with Crippen molar-refractivity contribution >= 4 is 51.1 Å². The third-order valence-corrected chi connectivity index (χ3v) is 5.52. The molecule has 1 aliphatic rings. The highest BCUT2D eigenvalue weighted by atomic mass is 79.9. The maximum Gasteiger partial charge on any atom is 0.264 e. The molecule has 0 aliphatic carbocycles. The molecule has 0 spiro atoms. The lowest BCUT2D eigenvalue weighted by molar-refractivity contribution is -0.130. The van der Waals surface area contributed by atoms with Crippen LogP contribution in [0.25, 0.3) is 6.08 Å². The van der Waals surface area contributed by atoms with Gasteiger partial charge in [-0.1, -0.05) is 35.3 Å². The van der Waals surface area contributed by atoms with Crippen molar-refractivity contribution in [1.29, 1.82) is 5.26 Å². The molecule has 0 unspecified atom stereocenters. The Morgan fingerprint density at radius 1 is 1.24 bits per heavy atom. The largest absolute Gasteiger partial charge is 0.488 e. The zero-order valence-corrected chi connectivity index (χ0v) is 18.4. The van der Waals surface area contributed by atoms with E-state index in [1.165, 1.54) is 0 Å². The van der Waals surface area contributed by atoms with Crippen LogP contribution in [-0.4, -0.2) is 37.1 Å². The molecule has 29 heavy (non-hydrogen) atoms. The topological polar surface area (TPSA) is 62.6 Å². The van der Waals surface area contributed by atoms with Crippen LogP contribution < -0.4 is 4.74 Å². The lowest BCUT2D eigenvalue weighted by atomic mass is 10.1. The molecule has 1 aliphatic heterocycles. The molecule has 0 N–H and O–H groups in total. The third-order valence-electron chi connectivity index (χ3n) is 4.31. The summed E-state index contributed by atoms with van der Waals surface area (Å²) in [5.74, 6) is 0.329. The number of amides is 1. The number of benzene rings is 2. The Bertz CT molecular complexity index is 982. The van der Waals surface area contributed by atoms with Gasteiger partial charge < -0.3 is 14.4 Å². The number of rotatable bonds is 5. The van der Waals surface area contributed by atoms with Crippen LogP contribution in [0.3, 0.4) is 0 Å². The number of ether oxygens (including phenoxy) is 2. The number of hydrogen-bond donors (Lipinski definition) is 0. The minimum absolute atomic E-state index is 0.0837. The molecule has 1 heterocycles. The molecule has 2 aromatic rings. The molecule has 2 aromatic carbocycles. The minimum atomic E-state index is -0.287. The summed E-state index contributed by atoms with van der Waals surface area (Å²) in [7, 11) is 0. The lowest BCUT2D eigenvalue weighted by Crippen LogP contribution is -2.41. The molecule has 0 saturated carbocycles. The molecule has 5 nitrogen and oxygen atoms in total. The maximum atomic E-state index is 12.5. The normalized spacial score (nSPS) is 14.4. The van der Waals surface area contributed by atoms with Crippen molar-refractivity contribution in [2.75, 3.05) is 26.3 Å². The van der Waals surface area contributed by atoms with E-state index in [0.29, 0.717) is 52.1 Å². The number of carbonyl (C=O) groups excluding carboxylic acids is 1. The highest BCUT2D eigenvalue weighted by Gasteiger charge is 2.20. The fourth-order valence-electron chi connectivity index (χ4n) is 2.76. The van der Waals surface area contributed by atoms with E-state index in [1.807, 2.05) is 12.1 Å². The zero-order chi connectivity index (χ0) is 20.8. The highest BCUT2D eigenvalue weighted by molar-refractivity contribution is 9.10. The Morgan fingerprint density at radius 3 is 2.66 bits per heavy atom. The van der Waals surface area contributed by atoms with Gasteiger partial charge in [-0.25, -0.2) is 0 Å². The summed E-state index contributed by atoms with van der Waals surface area (Å²) in [6.45, 7) is 2.23. The van der Waals surface area contributed by atoms with E-state index in [4.69, 9.17) is 32.7 Å². The van der Waals surface area contributed by atoms with Crippen LogP contribution in [0.2, 0.25) is 10.0 Å². The number of nitriles is 1. The van der Waals surface area contributed by atoms with E-state index in [2.05, 4.69) is 15.9 Å². The molecule has 1 amide bonds. The Balaban J connectivity index is 1.71. The summed E-state index contributed by atoms with van der Waals surface area (Å²) in [5.41, 5.74) is 1.61. The first-order valence-electron chi connectivity index (χ1n) is 8.83. The fourth-order valence-corrected chi connectivity index (χ4v) is 3.74. The van der Waals surface area contributed by atoms with Gasteiger partial charge in [0.25, 0.3) is 5.91 Å². The molecule has 0 atom stereocenters. The fraction of sp³-hybridized carbons (Fsp3) is 0.238. The van der Waals surface area contributed by atoms with Crippen molar-refractivity contribution in [3.8, 4) is 11.8 Å². The van der Waals surface area contributed by atoms with Crippen LogP contribution >= 0.6 is 39.1 Å². The molecule has 8 heteroatoms. The summed E-state index contributed by atoms with van der Waals surface area (Å²) in [4.78, 5) is 14.1. The second-order valence-corrected chi connectivity index (χ2v) is 7.99. The SMILES string of the molecule is N#C/C(=C\c1ccc(OCc2ccc(Cl)cc2Cl)c(Br)c1)C(=O)N1CCOCC1. The molecule has 1 fully saturated rings. The van der Waals surface area contributed by atoms with Crippen molar-refractivity contribution < 1.29 is 14.3 Å². The van der Waals surface area contributed by atoms with Gasteiger partial charge in [0.1, 0.15) is 24.0 Å². The van der Waals surface area contributed by atoms with Crippen molar-refractivity contribution in [2.45, 2.75) is 6.61 Å². The summed E-state index contributed by atoms with van der Waals surface area (Å²) in [6, 6.07) is 12.6. The lowest BCUT2D eigenvalue weighted by Gasteiger charge is -2.26. The molecule has 1 saturated heterocycles. The van der Waals surface area contributed by atoms with Crippen molar-refractivity contribution in [2.24, 2.45) is 0 Å². The van der Waals surface area contributed by atoms with Crippen LogP contribution in [0.15, 0.2) is 46.4 Å². The summed E-state index contributed by atoms with van der Waals surface area (Å²) in [6.07, 6.45) is 1.57. The van der Waals surface area contributed by atoms with E-state index < -0.39 is 0 Å². The standard InChI is InChI=1S/C21H17BrCl2N2O3/c22-18-10-14(9-16(12-25)21(27)26-5-7-28-8-6-26)1-4-20(18)29-13-15-2-3-17(23)11-19(15)24/h1-4,9-11H,5-8,13H2/b16-9+. The smallest absolute Gasteiger partial charge is 0.264 e. The van der Waals surface area contributed by atoms with E-state index >= 15 is 0 Å². The number of nitrogens with zero attached hydrogens (tertiary/aromatic N) is 2. The van der Waals surface area contributed by atoms with E-state index in [1.54, 1.807) is 41.3 Å². The van der Waals surface area contributed by atoms with Crippen LogP contribution in [0.5, 0.6) is 5.75 Å². The predicted octanol–water partition coefficient (Wildman–Crippen LogP) is 5.10. The molecule has 150 valence electrons. The van der Waals surface area contributed by atoms with Gasteiger partial charge in [0, 0.05) is 28.7 Å². The van der Waals surface area contributed by atoms with Gasteiger partial charge >= 0.3 is 0 Å². The first kappa shape index (κ1) is 21.7. The molecule has 3 rings (SSSR count). The Hall–Kier alpha value is -2.04. The number of morpholine rings is 1. The van der Waals surface area contributed by atoms with E-state index in [-0.39, 0.29) is 18.1 Å². The Morgan fingerprint density at radius 2 is 2.00 bits per heavy atom. The molecular formula is C21H17BrCl2N2O3. The van der Waals surface area contributed by atoms with E-state index in [9.17, 15) is 10.1 Å². The van der Waals surface area contributed by atoms with Crippen molar-refractivity contribution in [3.63, 3.8) is 0 Å². The van der Waals surface area contributed by atoms with Gasteiger partial charge in [0.2, 0.25) is 0 Å². The van der Waals surface area contributed by atoms with Crippen LogP contribution in [0, 0.1) is 11.3 Å². The van der Waals surface area contributed by atoms with Crippen molar-refractivity contribution in [3.05, 3.63) is 67.6 Å². The van der Waals surface area contributed by atoms with E-state index in [0.717, 1.165) is 5.56 Å². The number of halogens is 3. The summed E-state index contributed by atoms with van der Waals surface area (Å²) < 4.78 is 11.8. The first-order chi connectivity index (χ1) is 14.0. The van der Waals surface area contributed by atoms with Gasteiger partial charge in [0.05, 0.1) is 17.7 Å². The molecular weight excluding hydrogens is 479 g/mol. The average molecular weight is 496 g/mol. The monoisotopic (exact) mass is 494 g/mol. The van der Waals surface area contributed by atoms with Gasteiger partial charge in [-0.2, -0.15) is 5.26 Å². The first-order valence-corrected chi connectivity index (χ1v) is 10.4. The van der Waals surface area contributed by atoms with Crippen LogP contribution in [-0.2, 0) is 16.1 Å². The Kier molecular flexibility index (Phi) is 7.57.